The highest BCUT2D eigenvalue weighted by Gasteiger charge is 2.52. The van der Waals surface area contributed by atoms with Gasteiger partial charge in [-0.25, -0.2) is 4.79 Å². The van der Waals surface area contributed by atoms with Crippen molar-refractivity contribution in [2.75, 3.05) is 0 Å². The zero-order valence-corrected chi connectivity index (χ0v) is 22.3. The molecule has 3 rings (SSSR count). The van der Waals surface area contributed by atoms with E-state index in [-0.39, 0.29) is 4.49 Å². The van der Waals surface area contributed by atoms with E-state index in [1.54, 1.807) is 0 Å². The summed E-state index contributed by atoms with van der Waals surface area (Å²) < 4.78 is -2.02. The summed E-state index contributed by atoms with van der Waals surface area (Å²) in [4.78, 5) is 12.9. The Hall–Kier alpha value is -1.16. The van der Waals surface area contributed by atoms with Gasteiger partial charge in [-0.2, -0.15) is 0 Å². The Kier molecular flexibility index (Phi) is 9.23. The molecule has 0 aliphatic rings. The second-order valence-corrected chi connectivity index (χ2v) is 13.9. The van der Waals surface area contributed by atoms with Gasteiger partial charge in [0.1, 0.15) is 15.9 Å². The maximum absolute atomic E-state index is 12.9. The number of halogens is 6. The van der Waals surface area contributed by atoms with Crippen LogP contribution in [0.2, 0.25) is 0 Å². The van der Waals surface area contributed by atoms with Gasteiger partial charge in [-0.15, -0.1) is 0 Å². The summed E-state index contributed by atoms with van der Waals surface area (Å²) in [7, 11) is -2.76. The number of carbonyl (C=O) groups is 1. The Bertz CT molecular complexity index is 1010. The Morgan fingerprint density at radius 2 is 1.09 bits per heavy atom. The van der Waals surface area contributed by atoms with Crippen molar-refractivity contribution in [2.45, 2.75) is 9.29 Å². The minimum absolute atomic E-state index is 0.102. The van der Waals surface area contributed by atoms with Crippen molar-refractivity contribution in [2.24, 2.45) is 0 Å². The molecule has 3 aromatic rings. The van der Waals surface area contributed by atoms with Crippen LogP contribution in [-0.2, 0) is 0 Å². The zero-order chi connectivity index (χ0) is 24.1. The zero-order valence-electron chi connectivity index (χ0n) is 16.9. The monoisotopic (exact) mass is 579 g/mol. The van der Waals surface area contributed by atoms with E-state index in [1.807, 2.05) is 91.0 Å². The lowest BCUT2D eigenvalue weighted by atomic mass is 10.4. The highest BCUT2D eigenvalue weighted by atomic mass is 35.6. The highest BCUT2D eigenvalue weighted by molar-refractivity contribution is 7.99. The summed E-state index contributed by atoms with van der Waals surface area (Å²) in [6.07, 6.45) is 0. The summed E-state index contributed by atoms with van der Waals surface area (Å²) in [5.74, 6) is 0. The fourth-order valence-electron chi connectivity index (χ4n) is 3.39. The number of alkyl halides is 4. The Labute approximate surface area is 223 Å². The van der Waals surface area contributed by atoms with E-state index in [1.165, 1.54) is 0 Å². The van der Waals surface area contributed by atoms with Crippen LogP contribution in [0.1, 0.15) is 0 Å². The van der Waals surface area contributed by atoms with Gasteiger partial charge in [0.2, 0.25) is 9.23 Å². The third-order valence-electron chi connectivity index (χ3n) is 4.72. The molecule has 1 unspecified atom stereocenters. The molecule has 2 N–H and O–H groups in total. The molecule has 0 aliphatic carbocycles. The second kappa shape index (κ2) is 11.5. The third kappa shape index (κ3) is 6.10. The van der Waals surface area contributed by atoms with Gasteiger partial charge in [0.25, 0.3) is 0 Å². The SMILES string of the molecule is O=C(NC(=C(Cl)Cl)[P+](c1ccccc1)(c1ccccc1)c1ccccc1)NC(Cl)C(Cl)(Cl)Cl. The fourth-order valence-corrected chi connectivity index (χ4v) is 8.56. The lowest BCUT2D eigenvalue weighted by Crippen LogP contribution is -2.47. The van der Waals surface area contributed by atoms with E-state index >= 15 is 0 Å². The number of amides is 2. The number of carbonyl (C=O) groups excluding carboxylic acids is 1. The molecule has 2 amide bonds. The van der Waals surface area contributed by atoms with E-state index in [0.29, 0.717) is 5.44 Å². The van der Waals surface area contributed by atoms with Gasteiger partial charge >= 0.3 is 6.03 Å². The average molecular weight is 582 g/mol. The van der Waals surface area contributed by atoms with Gasteiger partial charge in [-0.05, 0) is 36.4 Å². The van der Waals surface area contributed by atoms with Crippen LogP contribution in [0.5, 0.6) is 0 Å². The number of rotatable bonds is 6. The largest absolute Gasteiger partial charge is 0.323 e. The van der Waals surface area contributed by atoms with Crippen LogP contribution in [0.4, 0.5) is 4.79 Å². The molecule has 33 heavy (non-hydrogen) atoms. The molecule has 0 spiro atoms. The average Bonchev–Trinajstić information content (AvgIpc) is 2.80. The van der Waals surface area contributed by atoms with Gasteiger partial charge in [0, 0.05) is 0 Å². The number of nitrogens with one attached hydrogen (secondary N) is 2. The molecule has 3 nitrogen and oxygen atoms in total. The second-order valence-electron chi connectivity index (χ2n) is 6.79. The maximum Gasteiger partial charge on any atom is 0.323 e. The van der Waals surface area contributed by atoms with Crippen molar-refractivity contribution in [1.82, 2.24) is 10.6 Å². The first-order chi connectivity index (χ1) is 15.7. The molecule has 0 fully saturated rings. The third-order valence-corrected chi connectivity index (χ3v) is 11.0. The van der Waals surface area contributed by atoms with Crippen molar-refractivity contribution < 1.29 is 4.79 Å². The molecule has 0 aromatic heterocycles. The summed E-state index contributed by atoms with van der Waals surface area (Å²) in [5, 5.41) is 8.02. The molecule has 0 aliphatic heterocycles. The highest BCUT2D eigenvalue weighted by Crippen LogP contribution is 2.63. The van der Waals surface area contributed by atoms with Gasteiger partial charge in [-0.3, -0.25) is 5.32 Å². The minimum atomic E-state index is -2.76. The van der Waals surface area contributed by atoms with Gasteiger partial charge in [-0.1, -0.05) is 124 Å². The van der Waals surface area contributed by atoms with Gasteiger partial charge in [0.05, 0.1) is 0 Å². The Balaban J connectivity index is 2.25. The Morgan fingerprint density at radius 3 is 1.39 bits per heavy atom. The van der Waals surface area contributed by atoms with E-state index in [2.05, 4.69) is 10.6 Å². The molecule has 10 heteroatoms. The minimum Gasteiger partial charge on any atom is -0.317 e. The van der Waals surface area contributed by atoms with E-state index < -0.39 is 22.6 Å². The first kappa shape index (κ1) is 26.4. The smallest absolute Gasteiger partial charge is 0.317 e. The van der Waals surface area contributed by atoms with Crippen LogP contribution in [0.25, 0.3) is 0 Å². The summed E-state index contributed by atoms with van der Waals surface area (Å²) >= 11 is 36.4. The Morgan fingerprint density at radius 1 is 0.727 bits per heavy atom. The molecule has 0 saturated carbocycles. The number of hydrogen-bond acceptors (Lipinski definition) is 1. The molecule has 0 radical (unpaired) electrons. The molecular formula is C23H18Cl6N2OP+. The van der Waals surface area contributed by atoms with Crippen molar-refractivity contribution in [3.63, 3.8) is 0 Å². The van der Waals surface area contributed by atoms with Crippen molar-refractivity contribution in [3.8, 4) is 0 Å². The topological polar surface area (TPSA) is 41.1 Å². The summed E-state index contributed by atoms with van der Waals surface area (Å²) in [5.41, 5.74) is -0.976. The van der Waals surface area contributed by atoms with Crippen LogP contribution in [0.15, 0.2) is 101 Å². The molecule has 3 aromatic carbocycles. The van der Waals surface area contributed by atoms with Crippen molar-refractivity contribution >= 4 is 98.8 Å². The first-order valence-electron chi connectivity index (χ1n) is 9.57. The van der Waals surface area contributed by atoms with Gasteiger partial charge < -0.3 is 5.32 Å². The molecular weight excluding hydrogens is 564 g/mol. The van der Waals surface area contributed by atoms with Crippen molar-refractivity contribution in [1.29, 1.82) is 0 Å². The van der Waals surface area contributed by atoms with Crippen LogP contribution in [0.3, 0.4) is 0 Å². The maximum atomic E-state index is 12.9. The standard InChI is InChI=1S/C23H17Cl6N2OP/c24-19(25)20(30-22(32)31-21(26)23(27,28)29)33(16-10-4-1-5-11-16,17-12-6-2-7-13-17)18-14-8-3-9-15-18/h1-15,21H,(H-,30,31,32)/p+1. The predicted octanol–water partition coefficient (Wildman–Crippen LogP) is 6.82. The number of urea groups is 1. The van der Waals surface area contributed by atoms with Crippen LogP contribution in [0, 0.1) is 0 Å². The molecule has 1 atom stereocenters. The van der Waals surface area contributed by atoms with Crippen LogP contribution < -0.4 is 26.5 Å². The number of hydrogen-bond donors (Lipinski definition) is 2. The van der Waals surface area contributed by atoms with Crippen molar-refractivity contribution in [3.05, 3.63) is 101 Å². The molecule has 0 bridgehead atoms. The fraction of sp³-hybridized carbons (Fsp3) is 0.0870. The molecule has 0 saturated heterocycles. The van der Waals surface area contributed by atoms with Crippen LogP contribution in [-0.4, -0.2) is 15.3 Å². The molecule has 172 valence electrons. The normalized spacial score (nSPS) is 12.5. The predicted molar refractivity (Wildman–Crippen MR) is 145 cm³/mol. The van der Waals surface area contributed by atoms with E-state index in [9.17, 15) is 4.79 Å². The van der Waals surface area contributed by atoms with E-state index in [4.69, 9.17) is 69.6 Å². The first-order valence-corrected chi connectivity index (χ1v) is 13.7. The lowest BCUT2D eigenvalue weighted by molar-refractivity contribution is 0.243. The van der Waals surface area contributed by atoms with Gasteiger partial charge in [0.15, 0.2) is 17.3 Å². The summed E-state index contributed by atoms with van der Waals surface area (Å²) in [6.45, 7) is 0. The van der Waals surface area contributed by atoms with E-state index in [0.717, 1.165) is 15.9 Å². The molecule has 0 heterocycles. The quantitative estimate of drug-likeness (QED) is 0.187. The summed E-state index contributed by atoms with van der Waals surface area (Å²) in [6, 6.07) is 28.5. The van der Waals surface area contributed by atoms with Crippen LogP contribution >= 0.6 is 76.9 Å². The lowest BCUT2D eigenvalue weighted by Gasteiger charge is -2.30. The number of benzene rings is 3.